The van der Waals surface area contributed by atoms with Crippen molar-refractivity contribution in [2.75, 3.05) is 6.26 Å². The zero-order valence-corrected chi connectivity index (χ0v) is 12.0. The lowest BCUT2D eigenvalue weighted by atomic mass is 10.2. The Morgan fingerprint density at radius 1 is 1.16 bits per heavy atom. The number of aliphatic imine (C=N–C) groups is 1. The van der Waals surface area contributed by atoms with Gasteiger partial charge in [0.25, 0.3) is 0 Å². The Morgan fingerprint density at radius 3 is 2.79 bits per heavy atom. The quantitative estimate of drug-likeness (QED) is 0.511. The molecule has 0 radical (unpaired) electrons. The van der Waals surface area contributed by atoms with Crippen molar-refractivity contribution in [2.45, 2.75) is 4.34 Å². The Kier molecular flexibility index (Phi) is 3.62. The number of thioether (sulfide) groups is 1. The molecule has 0 amide bonds. The van der Waals surface area contributed by atoms with Crippen LogP contribution >= 0.6 is 23.1 Å². The summed E-state index contributed by atoms with van der Waals surface area (Å²) in [6.45, 7) is 0. The van der Waals surface area contributed by atoms with E-state index >= 15 is 0 Å². The standard InChI is InChI=1S/C15H12N2S2/c1-18-15-17-13-8-7-12(9-14(13)19-15)16-10-11-5-3-2-4-6-11/h2-10H,1H3. The zero-order valence-electron chi connectivity index (χ0n) is 10.4. The fraction of sp³-hybridized carbons (Fsp3) is 0.0667. The maximum atomic E-state index is 4.52. The van der Waals surface area contributed by atoms with Gasteiger partial charge in [-0.25, -0.2) is 4.98 Å². The summed E-state index contributed by atoms with van der Waals surface area (Å²) in [7, 11) is 0. The van der Waals surface area contributed by atoms with Crippen LogP contribution in [0.1, 0.15) is 5.56 Å². The van der Waals surface area contributed by atoms with E-state index in [1.54, 1.807) is 23.1 Å². The van der Waals surface area contributed by atoms with Gasteiger partial charge in [-0.1, -0.05) is 42.1 Å². The highest BCUT2D eigenvalue weighted by Gasteiger charge is 2.02. The maximum Gasteiger partial charge on any atom is 0.150 e. The summed E-state index contributed by atoms with van der Waals surface area (Å²) in [6.07, 6.45) is 3.93. The van der Waals surface area contributed by atoms with Gasteiger partial charge in [0, 0.05) is 6.21 Å². The second-order valence-electron chi connectivity index (χ2n) is 4.00. The molecule has 3 rings (SSSR count). The lowest BCUT2D eigenvalue weighted by Crippen LogP contribution is -1.77. The van der Waals surface area contributed by atoms with E-state index in [9.17, 15) is 0 Å². The molecule has 94 valence electrons. The Labute approximate surface area is 120 Å². The third kappa shape index (κ3) is 2.85. The largest absolute Gasteiger partial charge is 0.256 e. The van der Waals surface area contributed by atoms with Crippen LogP contribution in [-0.4, -0.2) is 17.5 Å². The van der Waals surface area contributed by atoms with Crippen molar-refractivity contribution >= 4 is 45.2 Å². The van der Waals surface area contributed by atoms with Gasteiger partial charge >= 0.3 is 0 Å². The topological polar surface area (TPSA) is 25.2 Å². The molecular weight excluding hydrogens is 272 g/mol. The number of rotatable bonds is 3. The van der Waals surface area contributed by atoms with Gasteiger partial charge < -0.3 is 0 Å². The fourth-order valence-electron chi connectivity index (χ4n) is 1.75. The van der Waals surface area contributed by atoms with E-state index in [1.807, 2.05) is 54.9 Å². The first kappa shape index (κ1) is 12.4. The van der Waals surface area contributed by atoms with Crippen molar-refractivity contribution in [3.63, 3.8) is 0 Å². The van der Waals surface area contributed by atoms with Gasteiger partial charge in [0.1, 0.15) is 0 Å². The molecule has 2 nitrogen and oxygen atoms in total. The first-order valence-corrected chi connectivity index (χ1v) is 7.93. The lowest BCUT2D eigenvalue weighted by molar-refractivity contribution is 1.31. The van der Waals surface area contributed by atoms with E-state index in [4.69, 9.17) is 0 Å². The van der Waals surface area contributed by atoms with Crippen LogP contribution in [0.3, 0.4) is 0 Å². The number of nitrogens with zero attached hydrogens (tertiary/aromatic N) is 2. The minimum atomic E-state index is 0.965. The Morgan fingerprint density at radius 2 is 2.00 bits per heavy atom. The van der Waals surface area contributed by atoms with Crippen LogP contribution in [0.15, 0.2) is 57.9 Å². The first-order chi connectivity index (χ1) is 9.35. The number of fused-ring (bicyclic) bond motifs is 1. The summed E-state index contributed by atoms with van der Waals surface area (Å²) in [6, 6.07) is 16.2. The molecule has 2 aromatic carbocycles. The highest BCUT2D eigenvalue weighted by Crippen LogP contribution is 2.30. The minimum Gasteiger partial charge on any atom is -0.256 e. The summed E-state index contributed by atoms with van der Waals surface area (Å²) in [4.78, 5) is 9.03. The van der Waals surface area contributed by atoms with E-state index in [1.165, 1.54) is 4.70 Å². The average molecular weight is 284 g/mol. The minimum absolute atomic E-state index is 0.965. The monoisotopic (exact) mass is 284 g/mol. The SMILES string of the molecule is CSc1nc2ccc(N=Cc3ccccc3)cc2s1. The molecule has 0 aliphatic heterocycles. The Balaban J connectivity index is 1.91. The van der Waals surface area contributed by atoms with Crippen molar-refractivity contribution < 1.29 is 0 Å². The Hall–Kier alpha value is -1.65. The highest BCUT2D eigenvalue weighted by atomic mass is 32.2. The molecule has 0 N–H and O–H groups in total. The third-order valence-corrected chi connectivity index (χ3v) is 4.69. The number of aromatic nitrogens is 1. The molecule has 0 aliphatic carbocycles. The van der Waals surface area contributed by atoms with Gasteiger partial charge in [-0.3, -0.25) is 4.99 Å². The Bertz CT molecular complexity index is 717. The molecule has 0 saturated carbocycles. The number of hydrogen-bond donors (Lipinski definition) is 0. The van der Waals surface area contributed by atoms with Gasteiger partial charge in [-0.05, 0) is 30.0 Å². The predicted molar refractivity (Wildman–Crippen MR) is 85.1 cm³/mol. The number of benzene rings is 2. The molecule has 1 aromatic heterocycles. The molecule has 0 fully saturated rings. The second-order valence-corrected chi connectivity index (χ2v) is 6.09. The van der Waals surface area contributed by atoms with E-state index in [0.29, 0.717) is 0 Å². The van der Waals surface area contributed by atoms with Crippen molar-refractivity contribution in [3.8, 4) is 0 Å². The maximum absolute atomic E-state index is 4.52. The third-order valence-electron chi connectivity index (χ3n) is 2.69. The molecule has 0 atom stereocenters. The zero-order chi connectivity index (χ0) is 13.1. The molecule has 4 heteroatoms. The summed E-state index contributed by atoms with van der Waals surface area (Å²) in [5.41, 5.74) is 3.12. The summed E-state index contributed by atoms with van der Waals surface area (Å²) < 4.78 is 2.28. The van der Waals surface area contributed by atoms with Crippen LogP contribution in [0.25, 0.3) is 10.2 Å². The van der Waals surface area contributed by atoms with Crippen LogP contribution in [0.4, 0.5) is 5.69 Å². The molecular formula is C15H12N2S2. The van der Waals surface area contributed by atoms with Gasteiger partial charge in [0.15, 0.2) is 4.34 Å². The van der Waals surface area contributed by atoms with Crippen LogP contribution in [-0.2, 0) is 0 Å². The molecule has 0 bridgehead atoms. The highest BCUT2D eigenvalue weighted by molar-refractivity contribution is 8.00. The van der Waals surface area contributed by atoms with E-state index in [0.717, 1.165) is 21.1 Å². The molecule has 0 saturated heterocycles. The van der Waals surface area contributed by atoms with Crippen molar-refractivity contribution in [3.05, 3.63) is 54.1 Å². The van der Waals surface area contributed by atoms with E-state index in [-0.39, 0.29) is 0 Å². The lowest BCUT2D eigenvalue weighted by Gasteiger charge is -1.94. The van der Waals surface area contributed by atoms with Crippen LogP contribution in [0.5, 0.6) is 0 Å². The van der Waals surface area contributed by atoms with Gasteiger partial charge in [0.05, 0.1) is 15.9 Å². The van der Waals surface area contributed by atoms with Gasteiger partial charge in [0.2, 0.25) is 0 Å². The fourth-order valence-corrected chi connectivity index (χ4v) is 3.27. The summed E-state index contributed by atoms with van der Waals surface area (Å²) in [5.74, 6) is 0. The molecule has 3 aromatic rings. The van der Waals surface area contributed by atoms with E-state index < -0.39 is 0 Å². The summed E-state index contributed by atoms with van der Waals surface area (Å²) in [5, 5.41) is 0. The number of thiazole rings is 1. The molecule has 19 heavy (non-hydrogen) atoms. The second kappa shape index (κ2) is 5.55. The van der Waals surface area contributed by atoms with Crippen LogP contribution < -0.4 is 0 Å². The molecule has 0 aliphatic rings. The smallest absolute Gasteiger partial charge is 0.150 e. The van der Waals surface area contributed by atoms with Crippen molar-refractivity contribution in [1.29, 1.82) is 0 Å². The molecule has 1 heterocycles. The first-order valence-electron chi connectivity index (χ1n) is 5.89. The van der Waals surface area contributed by atoms with Crippen molar-refractivity contribution in [2.24, 2.45) is 4.99 Å². The van der Waals surface area contributed by atoms with Crippen LogP contribution in [0, 0.1) is 0 Å². The number of hydrogen-bond acceptors (Lipinski definition) is 4. The summed E-state index contributed by atoms with van der Waals surface area (Å²) >= 11 is 3.39. The van der Waals surface area contributed by atoms with Crippen molar-refractivity contribution in [1.82, 2.24) is 4.98 Å². The molecule has 0 spiro atoms. The normalized spacial score (nSPS) is 11.4. The average Bonchev–Trinajstić information content (AvgIpc) is 2.88. The van der Waals surface area contributed by atoms with Gasteiger partial charge in [-0.15, -0.1) is 11.3 Å². The predicted octanol–water partition coefficient (Wildman–Crippen LogP) is 4.77. The van der Waals surface area contributed by atoms with Gasteiger partial charge in [-0.2, -0.15) is 0 Å². The van der Waals surface area contributed by atoms with E-state index in [2.05, 4.69) is 16.0 Å². The van der Waals surface area contributed by atoms with Crippen LogP contribution in [0.2, 0.25) is 0 Å². The molecule has 0 unspecified atom stereocenters.